The SMILES string of the molecule is NC1C2CC3CC(C2)CC1C3.NC1C2CC3CC1CC(O)(C3)C2.NC1C2CC3CC1CC(O)(C3)C2. The molecule has 198 valence electrons. The van der Waals surface area contributed by atoms with Crippen LogP contribution in [0.2, 0.25) is 0 Å². The molecule has 0 aromatic heterocycles. The van der Waals surface area contributed by atoms with Crippen LogP contribution in [0.25, 0.3) is 0 Å². The zero-order valence-corrected chi connectivity index (χ0v) is 21.7. The molecule has 0 spiro atoms. The molecule has 0 aromatic carbocycles. The van der Waals surface area contributed by atoms with Crippen LogP contribution in [0.1, 0.15) is 96.3 Å². The molecule has 0 radical (unpaired) electrons. The summed E-state index contributed by atoms with van der Waals surface area (Å²) < 4.78 is 0. The van der Waals surface area contributed by atoms with Crippen LogP contribution in [-0.2, 0) is 0 Å². The maximum absolute atomic E-state index is 10.2. The Labute approximate surface area is 212 Å². The fraction of sp³-hybridized carbons (Fsp3) is 1.00. The van der Waals surface area contributed by atoms with Crippen molar-refractivity contribution < 1.29 is 10.2 Å². The van der Waals surface area contributed by atoms with Crippen molar-refractivity contribution in [2.24, 2.45) is 76.4 Å². The van der Waals surface area contributed by atoms with E-state index in [4.69, 9.17) is 17.2 Å². The van der Waals surface area contributed by atoms with Gasteiger partial charge in [0, 0.05) is 18.1 Å². The minimum absolute atomic E-state index is 0.299. The van der Waals surface area contributed by atoms with Gasteiger partial charge < -0.3 is 27.4 Å². The standard InChI is InChI=1S/2C10H17NO.C10H17N/c2*11-9-7-1-6-2-8(9)5-10(12,3-6)4-7;11-10-8-2-6-1-7(4-8)5-9(10)3-6/h2*6-9,12H,1-5,11H2;6-10H,1-5,11H2. The molecule has 35 heavy (non-hydrogen) atoms. The van der Waals surface area contributed by atoms with Crippen LogP contribution in [-0.4, -0.2) is 39.5 Å². The number of hydrogen-bond acceptors (Lipinski definition) is 5. The number of nitrogens with two attached hydrogens (primary N) is 3. The first-order valence-corrected chi connectivity index (χ1v) is 15.4. The van der Waals surface area contributed by atoms with E-state index in [0.29, 0.717) is 41.8 Å². The summed E-state index contributed by atoms with van der Waals surface area (Å²) in [7, 11) is 0. The van der Waals surface area contributed by atoms with Gasteiger partial charge in [0.15, 0.2) is 0 Å². The van der Waals surface area contributed by atoms with Crippen molar-refractivity contribution in [2.45, 2.75) is 126 Å². The first-order chi connectivity index (χ1) is 16.7. The molecule has 0 amide bonds. The Kier molecular flexibility index (Phi) is 5.73. The third-order valence-electron chi connectivity index (χ3n) is 12.9. The summed E-state index contributed by atoms with van der Waals surface area (Å²) in [5, 5.41) is 20.3. The lowest BCUT2D eigenvalue weighted by molar-refractivity contribution is -0.133. The van der Waals surface area contributed by atoms with Gasteiger partial charge in [-0.3, -0.25) is 0 Å². The average molecular weight is 486 g/mol. The highest BCUT2D eigenvalue weighted by molar-refractivity contribution is 5.08. The van der Waals surface area contributed by atoms with Crippen molar-refractivity contribution in [3.05, 3.63) is 0 Å². The van der Waals surface area contributed by atoms with E-state index in [1.807, 2.05) is 0 Å². The van der Waals surface area contributed by atoms with Crippen LogP contribution in [0.3, 0.4) is 0 Å². The minimum Gasteiger partial charge on any atom is -0.390 e. The van der Waals surface area contributed by atoms with Crippen molar-refractivity contribution in [3.8, 4) is 0 Å². The van der Waals surface area contributed by atoms with Crippen LogP contribution in [0.4, 0.5) is 0 Å². The van der Waals surface area contributed by atoms with Crippen LogP contribution in [0, 0.1) is 59.2 Å². The zero-order valence-electron chi connectivity index (χ0n) is 21.7. The van der Waals surface area contributed by atoms with Gasteiger partial charge in [-0.1, -0.05) is 0 Å². The topological polar surface area (TPSA) is 119 Å². The van der Waals surface area contributed by atoms with Crippen molar-refractivity contribution in [1.82, 2.24) is 0 Å². The summed E-state index contributed by atoms with van der Waals surface area (Å²) in [6.07, 6.45) is 18.6. The average Bonchev–Trinajstić information content (AvgIpc) is 2.77. The van der Waals surface area contributed by atoms with Crippen LogP contribution < -0.4 is 17.2 Å². The van der Waals surface area contributed by atoms with E-state index in [2.05, 4.69) is 0 Å². The molecule has 8 N–H and O–H groups in total. The lowest BCUT2D eigenvalue weighted by Gasteiger charge is -2.57. The second kappa shape index (κ2) is 8.40. The highest BCUT2D eigenvalue weighted by Gasteiger charge is 2.54. The third kappa shape index (κ3) is 4.24. The Hall–Kier alpha value is -0.200. The first kappa shape index (κ1) is 23.9. The van der Waals surface area contributed by atoms with Gasteiger partial charge in [0.25, 0.3) is 0 Å². The van der Waals surface area contributed by atoms with E-state index in [-0.39, 0.29) is 11.2 Å². The predicted molar refractivity (Wildman–Crippen MR) is 138 cm³/mol. The number of rotatable bonds is 0. The van der Waals surface area contributed by atoms with Crippen LogP contribution in [0.5, 0.6) is 0 Å². The third-order valence-corrected chi connectivity index (χ3v) is 12.9. The van der Waals surface area contributed by atoms with E-state index in [0.717, 1.165) is 74.0 Å². The maximum Gasteiger partial charge on any atom is 0.0657 e. The van der Waals surface area contributed by atoms with Gasteiger partial charge in [0.2, 0.25) is 0 Å². The molecular weight excluding hydrogens is 434 g/mol. The van der Waals surface area contributed by atoms with Gasteiger partial charge in [0.05, 0.1) is 11.2 Å². The Morgan fingerprint density at radius 1 is 0.371 bits per heavy atom. The highest BCUT2D eigenvalue weighted by atomic mass is 16.3. The molecule has 12 fully saturated rings. The molecule has 4 atom stereocenters. The molecule has 12 aliphatic carbocycles. The number of aliphatic hydroxyl groups is 2. The quantitative estimate of drug-likeness (QED) is 0.360. The molecule has 12 rings (SSSR count). The molecule has 12 saturated carbocycles. The molecule has 0 heterocycles. The van der Waals surface area contributed by atoms with Crippen LogP contribution in [0.15, 0.2) is 0 Å². The summed E-state index contributed by atoms with van der Waals surface area (Å²) in [6, 6.07) is 1.39. The van der Waals surface area contributed by atoms with E-state index in [9.17, 15) is 10.2 Å². The highest BCUT2D eigenvalue weighted by Crippen LogP contribution is 2.56. The van der Waals surface area contributed by atoms with Gasteiger partial charge in [0.1, 0.15) is 0 Å². The molecular formula is C30H51N3O2. The van der Waals surface area contributed by atoms with Crippen molar-refractivity contribution in [1.29, 1.82) is 0 Å². The summed E-state index contributed by atoms with van der Waals surface area (Å²) in [6.45, 7) is 0. The second-order valence-corrected chi connectivity index (χ2v) is 15.6. The molecule has 0 aromatic rings. The summed E-state index contributed by atoms with van der Waals surface area (Å²) in [4.78, 5) is 0. The van der Waals surface area contributed by atoms with Gasteiger partial charge in [-0.25, -0.2) is 0 Å². The first-order valence-electron chi connectivity index (χ1n) is 15.4. The van der Waals surface area contributed by atoms with E-state index < -0.39 is 0 Å². The lowest BCUT2D eigenvalue weighted by atomic mass is 9.52. The normalized spacial score (nSPS) is 61.8. The minimum atomic E-state index is -0.299. The fourth-order valence-electron chi connectivity index (χ4n) is 12.0. The smallest absolute Gasteiger partial charge is 0.0657 e. The Morgan fingerprint density at radius 2 is 0.657 bits per heavy atom. The van der Waals surface area contributed by atoms with Gasteiger partial charge in [-0.2, -0.15) is 0 Å². The Bertz CT molecular complexity index is 711. The number of hydrogen-bond donors (Lipinski definition) is 5. The molecule has 5 heteroatoms. The maximum atomic E-state index is 10.2. The molecule has 0 aliphatic heterocycles. The molecule has 0 saturated heterocycles. The molecule has 5 nitrogen and oxygen atoms in total. The largest absolute Gasteiger partial charge is 0.390 e. The molecule has 4 unspecified atom stereocenters. The van der Waals surface area contributed by atoms with Crippen molar-refractivity contribution in [2.75, 3.05) is 0 Å². The van der Waals surface area contributed by atoms with E-state index in [1.54, 1.807) is 6.42 Å². The monoisotopic (exact) mass is 485 g/mol. The molecule has 12 bridgehead atoms. The Morgan fingerprint density at radius 3 is 0.971 bits per heavy atom. The van der Waals surface area contributed by atoms with Gasteiger partial charge in [-0.05, 0) is 155 Å². The summed E-state index contributed by atoms with van der Waals surface area (Å²) in [5.74, 6) is 8.16. The van der Waals surface area contributed by atoms with Crippen molar-refractivity contribution >= 4 is 0 Å². The van der Waals surface area contributed by atoms with Crippen LogP contribution >= 0.6 is 0 Å². The Balaban J connectivity index is 0.0000000902. The van der Waals surface area contributed by atoms with Gasteiger partial charge in [-0.15, -0.1) is 0 Å². The van der Waals surface area contributed by atoms with Gasteiger partial charge >= 0.3 is 0 Å². The van der Waals surface area contributed by atoms with E-state index >= 15 is 0 Å². The summed E-state index contributed by atoms with van der Waals surface area (Å²) >= 11 is 0. The summed E-state index contributed by atoms with van der Waals surface area (Å²) in [5.41, 5.74) is 17.8. The predicted octanol–water partition coefficient (Wildman–Crippen LogP) is 3.54. The fourth-order valence-corrected chi connectivity index (χ4v) is 12.0. The lowest BCUT2D eigenvalue weighted by Crippen LogP contribution is -2.59. The van der Waals surface area contributed by atoms with E-state index in [1.165, 1.54) is 51.4 Å². The zero-order chi connectivity index (χ0) is 24.1. The molecule has 12 aliphatic rings. The second-order valence-electron chi connectivity index (χ2n) is 15.6. The van der Waals surface area contributed by atoms with Crippen molar-refractivity contribution in [3.63, 3.8) is 0 Å².